The fourth-order valence-corrected chi connectivity index (χ4v) is 1.75. The summed E-state index contributed by atoms with van der Waals surface area (Å²) in [5, 5.41) is 1.78. The summed E-state index contributed by atoms with van der Waals surface area (Å²) in [4.78, 5) is 22.9. The van der Waals surface area contributed by atoms with Crippen LogP contribution in [0.25, 0.3) is 0 Å². The van der Waals surface area contributed by atoms with E-state index in [0.717, 1.165) is 5.56 Å². The van der Waals surface area contributed by atoms with Crippen molar-refractivity contribution in [2.75, 3.05) is 6.61 Å². The van der Waals surface area contributed by atoms with Crippen molar-refractivity contribution in [2.45, 2.75) is 13.8 Å². The zero-order valence-electron chi connectivity index (χ0n) is 7.49. The van der Waals surface area contributed by atoms with Crippen molar-refractivity contribution in [3.63, 3.8) is 0 Å². The van der Waals surface area contributed by atoms with Gasteiger partial charge in [0.2, 0.25) is 0 Å². The number of carbonyl (C=O) groups excluding carboxylic acids is 2. The first-order chi connectivity index (χ1) is 6.16. The standard InChI is InChI=1S/C9H10O3S/c1-3-12-9(11)7(10)8-6(2)4-5-13-8/h4-5H,3H2,1-2H3. The Labute approximate surface area is 80.3 Å². The Hall–Kier alpha value is -1.16. The molecule has 1 heterocycles. The topological polar surface area (TPSA) is 43.4 Å². The van der Waals surface area contributed by atoms with Crippen molar-refractivity contribution >= 4 is 23.1 Å². The van der Waals surface area contributed by atoms with E-state index in [0.29, 0.717) is 4.88 Å². The van der Waals surface area contributed by atoms with Gasteiger partial charge in [-0.05, 0) is 30.9 Å². The number of thiophene rings is 1. The predicted molar refractivity (Wildman–Crippen MR) is 50.0 cm³/mol. The summed E-state index contributed by atoms with van der Waals surface area (Å²) < 4.78 is 4.60. The highest BCUT2D eigenvalue weighted by atomic mass is 32.1. The Bertz CT molecular complexity index is 327. The minimum absolute atomic E-state index is 0.231. The molecule has 0 amide bonds. The first-order valence-corrected chi connectivity index (χ1v) is 4.80. The molecule has 0 aliphatic carbocycles. The molecule has 0 aliphatic heterocycles. The van der Waals surface area contributed by atoms with Crippen molar-refractivity contribution in [1.82, 2.24) is 0 Å². The minimum Gasteiger partial charge on any atom is -0.460 e. The fourth-order valence-electron chi connectivity index (χ4n) is 0.895. The van der Waals surface area contributed by atoms with E-state index in [2.05, 4.69) is 4.74 Å². The quantitative estimate of drug-likeness (QED) is 0.422. The van der Waals surface area contributed by atoms with Crippen molar-refractivity contribution in [3.05, 3.63) is 21.9 Å². The molecule has 4 heteroatoms. The van der Waals surface area contributed by atoms with Crippen LogP contribution in [0.1, 0.15) is 22.2 Å². The second kappa shape index (κ2) is 4.18. The van der Waals surface area contributed by atoms with Gasteiger partial charge in [0.25, 0.3) is 5.78 Å². The van der Waals surface area contributed by atoms with Crippen LogP contribution in [0.4, 0.5) is 0 Å². The van der Waals surface area contributed by atoms with Crippen molar-refractivity contribution < 1.29 is 14.3 Å². The lowest BCUT2D eigenvalue weighted by Gasteiger charge is -1.98. The van der Waals surface area contributed by atoms with E-state index in [1.807, 2.05) is 0 Å². The summed E-state index contributed by atoms with van der Waals surface area (Å²) in [7, 11) is 0. The van der Waals surface area contributed by atoms with Gasteiger partial charge in [0.15, 0.2) is 0 Å². The number of Topliss-reactive ketones (excluding diaryl/α,β-unsaturated/α-hetero) is 1. The zero-order chi connectivity index (χ0) is 9.84. The van der Waals surface area contributed by atoms with Crippen molar-refractivity contribution in [2.24, 2.45) is 0 Å². The van der Waals surface area contributed by atoms with Crippen LogP contribution in [0.5, 0.6) is 0 Å². The number of aryl methyl sites for hydroxylation is 1. The van der Waals surface area contributed by atoms with E-state index in [1.165, 1.54) is 11.3 Å². The van der Waals surface area contributed by atoms with E-state index in [-0.39, 0.29) is 6.61 Å². The Morgan fingerprint density at radius 2 is 2.23 bits per heavy atom. The highest BCUT2D eigenvalue weighted by Gasteiger charge is 2.20. The number of hydrogen-bond donors (Lipinski definition) is 0. The van der Waals surface area contributed by atoms with Gasteiger partial charge >= 0.3 is 5.97 Å². The minimum atomic E-state index is -0.770. The van der Waals surface area contributed by atoms with Crippen LogP contribution in [0.15, 0.2) is 11.4 Å². The van der Waals surface area contributed by atoms with Gasteiger partial charge in [-0.15, -0.1) is 11.3 Å². The van der Waals surface area contributed by atoms with Gasteiger partial charge in [-0.2, -0.15) is 0 Å². The molecule has 0 saturated heterocycles. The third-order valence-electron chi connectivity index (χ3n) is 1.53. The third-order valence-corrected chi connectivity index (χ3v) is 2.54. The average molecular weight is 198 g/mol. The maximum atomic E-state index is 11.4. The second-order valence-corrected chi connectivity index (χ2v) is 3.40. The van der Waals surface area contributed by atoms with Gasteiger partial charge in [-0.25, -0.2) is 4.79 Å². The maximum absolute atomic E-state index is 11.4. The Balaban J connectivity index is 2.80. The molecule has 3 nitrogen and oxygen atoms in total. The molecular formula is C9H10O3S. The summed E-state index contributed by atoms with van der Waals surface area (Å²) >= 11 is 1.26. The molecule has 0 spiro atoms. The Morgan fingerprint density at radius 1 is 1.54 bits per heavy atom. The lowest BCUT2D eigenvalue weighted by Crippen LogP contribution is -2.16. The van der Waals surface area contributed by atoms with Gasteiger partial charge < -0.3 is 4.74 Å². The van der Waals surface area contributed by atoms with E-state index in [1.54, 1.807) is 25.3 Å². The first-order valence-electron chi connectivity index (χ1n) is 3.92. The molecule has 0 unspecified atom stereocenters. The Kier molecular flexibility index (Phi) is 3.19. The number of esters is 1. The molecule has 0 fully saturated rings. The van der Waals surface area contributed by atoms with Crippen LogP contribution in [0.2, 0.25) is 0 Å². The molecule has 0 bridgehead atoms. The molecule has 0 aromatic carbocycles. The van der Waals surface area contributed by atoms with Gasteiger partial charge in [0.1, 0.15) is 0 Å². The molecule has 0 atom stereocenters. The molecule has 1 aromatic heterocycles. The normalized spacial score (nSPS) is 9.69. The predicted octanol–water partition coefficient (Wildman–Crippen LogP) is 1.80. The number of carbonyl (C=O) groups is 2. The summed E-state index contributed by atoms with van der Waals surface area (Å²) in [6.07, 6.45) is 0. The monoisotopic (exact) mass is 198 g/mol. The van der Waals surface area contributed by atoms with Gasteiger partial charge in [0.05, 0.1) is 11.5 Å². The lowest BCUT2D eigenvalue weighted by atomic mass is 10.2. The van der Waals surface area contributed by atoms with Crippen LogP contribution >= 0.6 is 11.3 Å². The fraction of sp³-hybridized carbons (Fsp3) is 0.333. The average Bonchev–Trinajstić information content (AvgIpc) is 2.50. The van der Waals surface area contributed by atoms with E-state index >= 15 is 0 Å². The molecular weight excluding hydrogens is 188 g/mol. The lowest BCUT2D eigenvalue weighted by molar-refractivity contribution is -0.137. The molecule has 0 saturated carbocycles. The molecule has 70 valence electrons. The smallest absolute Gasteiger partial charge is 0.380 e. The number of ether oxygens (including phenoxy) is 1. The van der Waals surface area contributed by atoms with Crippen LogP contribution in [0.3, 0.4) is 0 Å². The van der Waals surface area contributed by atoms with E-state index < -0.39 is 11.8 Å². The SMILES string of the molecule is CCOC(=O)C(=O)c1sccc1C. The summed E-state index contributed by atoms with van der Waals surface area (Å²) in [5.74, 6) is -1.32. The Morgan fingerprint density at radius 3 is 2.69 bits per heavy atom. The first kappa shape index (κ1) is 9.92. The van der Waals surface area contributed by atoms with E-state index in [9.17, 15) is 9.59 Å². The molecule has 0 aliphatic rings. The van der Waals surface area contributed by atoms with Crippen LogP contribution < -0.4 is 0 Å². The molecule has 0 radical (unpaired) electrons. The van der Waals surface area contributed by atoms with Gasteiger partial charge in [-0.1, -0.05) is 0 Å². The number of hydrogen-bond acceptors (Lipinski definition) is 4. The highest BCUT2D eigenvalue weighted by Crippen LogP contribution is 2.16. The molecule has 1 aromatic rings. The molecule has 1 rings (SSSR count). The van der Waals surface area contributed by atoms with Gasteiger partial charge in [-0.3, -0.25) is 4.79 Å². The van der Waals surface area contributed by atoms with Crippen molar-refractivity contribution in [1.29, 1.82) is 0 Å². The third kappa shape index (κ3) is 2.15. The maximum Gasteiger partial charge on any atom is 0.380 e. The number of rotatable bonds is 3. The second-order valence-electron chi connectivity index (χ2n) is 2.48. The van der Waals surface area contributed by atoms with Crippen molar-refractivity contribution in [3.8, 4) is 0 Å². The summed E-state index contributed by atoms with van der Waals surface area (Å²) in [6.45, 7) is 3.70. The number of ketones is 1. The zero-order valence-corrected chi connectivity index (χ0v) is 8.31. The molecule has 13 heavy (non-hydrogen) atoms. The summed E-state index contributed by atoms with van der Waals surface area (Å²) in [5.41, 5.74) is 0.822. The highest BCUT2D eigenvalue weighted by molar-refractivity contribution is 7.13. The van der Waals surface area contributed by atoms with Crippen LogP contribution in [-0.4, -0.2) is 18.4 Å². The molecule has 0 N–H and O–H groups in total. The summed E-state index contributed by atoms with van der Waals surface area (Å²) in [6, 6.07) is 1.80. The van der Waals surface area contributed by atoms with Crippen LogP contribution in [0, 0.1) is 6.92 Å². The largest absolute Gasteiger partial charge is 0.460 e. The van der Waals surface area contributed by atoms with Crippen LogP contribution in [-0.2, 0) is 9.53 Å². The van der Waals surface area contributed by atoms with E-state index in [4.69, 9.17) is 0 Å². The van der Waals surface area contributed by atoms with Gasteiger partial charge in [0, 0.05) is 0 Å².